The van der Waals surface area contributed by atoms with E-state index in [1.807, 2.05) is 32.0 Å². The molecule has 0 atom stereocenters. The topological polar surface area (TPSA) is 49.4 Å². The van der Waals surface area contributed by atoms with Crippen LogP contribution in [0.5, 0.6) is 0 Å². The lowest BCUT2D eigenvalue weighted by Gasteiger charge is -2.31. The van der Waals surface area contributed by atoms with Gasteiger partial charge in [-0.25, -0.2) is 8.78 Å². The number of aryl methyl sites for hydroxylation is 2. The molecule has 27 heavy (non-hydrogen) atoms. The van der Waals surface area contributed by atoms with Gasteiger partial charge in [-0.2, -0.15) is 0 Å². The summed E-state index contributed by atoms with van der Waals surface area (Å²) in [4.78, 5) is 26.6. The highest BCUT2D eigenvalue weighted by Crippen LogP contribution is 2.24. The minimum Gasteiger partial charge on any atom is -0.339 e. The number of amides is 2. The Morgan fingerprint density at radius 2 is 1.67 bits per heavy atom. The standard InChI is InChI=1S/C21H22F2N2O2/c1-13-4-3-5-14(2)19(13)24-20(26)15-8-10-25(11-9-15)21(27)17-7-6-16(22)12-18(17)23/h3-7,12,15H,8-11H2,1-2H3,(H,24,26). The summed E-state index contributed by atoms with van der Waals surface area (Å²) < 4.78 is 26.8. The number of carbonyl (C=O) groups is 2. The van der Waals surface area contributed by atoms with E-state index in [1.54, 1.807) is 0 Å². The van der Waals surface area contributed by atoms with E-state index in [0.717, 1.165) is 28.9 Å². The third kappa shape index (κ3) is 4.15. The van der Waals surface area contributed by atoms with Gasteiger partial charge in [-0.15, -0.1) is 0 Å². The van der Waals surface area contributed by atoms with Gasteiger partial charge in [-0.3, -0.25) is 9.59 Å². The van der Waals surface area contributed by atoms with Crippen molar-refractivity contribution < 1.29 is 18.4 Å². The lowest BCUT2D eigenvalue weighted by molar-refractivity contribution is -0.121. The van der Waals surface area contributed by atoms with E-state index in [9.17, 15) is 18.4 Å². The number of carbonyl (C=O) groups excluding carboxylic acids is 2. The zero-order valence-electron chi connectivity index (χ0n) is 15.4. The number of piperidine rings is 1. The molecule has 142 valence electrons. The molecule has 2 amide bonds. The van der Waals surface area contributed by atoms with Crippen LogP contribution in [-0.2, 0) is 4.79 Å². The SMILES string of the molecule is Cc1cccc(C)c1NC(=O)C1CCN(C(=O)c2ccc(F)cc2F)CC1. The molecular formula is C21H22F2N2O2. The summed E-state index contributed by atoms with van der Waals surface area (Å²) in [6, 6.07) is 8.77. The first kappa shape index (κ1) is 19.0. The molecule has 0 bridgehead atoms. The van der Waals surface area contributed by atoms with Crippen molar-refractivity contribution in [3.8, 4) is 0 Å². The van der Waals surface area contributed by atoms with Crippen LogP contribution in [0.15, 0.2) is 36.4 Å². The molecule has 1 aliphatic heterocycles. The second-order valence-corrected chi connectivity index (χ2v) is 6.95. The second kappa shape index (κ2) is 7.86. The van der Waals surface area contributed by atoms with Crippen LogP contribution in [0, 0.1) is 31.4 Å². The molecular weight excluding hydrogens is 350 g/mol. The van der Waals surface area contributed by atoms with Crippen molar-refractivity contribution in [1.82, 2.24) is 4.90 Å². The van der Waals surface area contributed by atoms with Crippen molar-refractivity contribution in [1.29, 1.82) is 0 Å². The monoisotopic (exact) mass is 372 g/mol. The molecule has 4 nitrogen and oxygen atoms in total. The summed E-state index contributed by atoms with van der Waals surface area (Å²) in [5.74, 6) is -2.32. The molecule has 0 aliphatic carbocycles. The Morgan fingerprint density at radius 3 is 2.26 bits per heavy atom. The number of nitrogens with one attached hydrogen (secondary N) is 1. The van der Waals surface area contributed by atoms with Crippen molar-refractivity contribution in [2.45, 2.75) is 26.7 Å². The van der Waals surface area contributed by atoms with Gasteiger partial charge in [0, 0.05) is 30.8 Å². The Labute approximate surface area is 157 Å². The van der Waals surface area contributed by atoms with Gasteiger partial charge < -0.3 is 10.2 Å². The molecule has 0 radical (unpaired) electrons. The molecule has 1 aliphatic rings. The lowest BCUT2D eigenvalue weighted by Crippen LogP contribution is -2.41. The maximum absolute atomic E-state index is 13.8. The highest BCUT2D eigenvalue weighted by Gasteiger charge is 2.29. The third-order valence-corrected chi connectivity index (χ3v) is 5.04. The van der Waals surface area contributed by atoms with Crippen LogP contribution >= 0.6 is 0 Å². The van der Waals surface area contributed by atoms with Crippen LogP contribution in [-0.4, -0.2) is 29.8 Å². The summed E-state index contributed by atoms with van der Waals surface area (Å²) in [5.41, 5.74) is 2.69. The van der Waals surface area contributed by atoms with Gasteiger partial charge in [-0.05, 0) is 49.9 Å². The van der Waals surface area contributed by atoms with E-state index in [2.05, 4.69) is 5.32 Å². The van der Waals surface area contributed by atoms with E-state index in [1.165, 1.54) is 4.90 Å². The van der Waals surface area contributed by atoms with Crippen molar-refractivity contribution in [2.24, 2.45) is 5.92 Å². The summed E-state index contributed by atoms with van der Waals surface area (Å²) in [5, 5.41) is 3.00. The maximum atomic E-state index is 13.8. The minimum absolute atomic E-state index is 0.0625. The first-order valence-electron chi connectivity index (χ1n) is 8.98. The number of para-hydroxylation sites is 1. The molecule has 1 saturated heterocycles. The Bertz CT molecular complexity index is 854. The fourth-order valence-corrected chi connectivity index (χ4v) is 3.41. The van der Waals surface area contributed by atoms with E-state index in [0.29, 0.717) is 32.0 Å². The zero-order valence-corrected chi connectivity index (χ0v) is 15.4. The van der Waals surface area contributed by atoms with E-state index in [-0.39, 0.29) is 17.4 Å². The molecule has 0 aromatic heterocycles. The molecule has 6 heteroatoms. The quantitative estimate of drug-likeness (QED) is 0.883. The minimum atomic E-state index is -0.866. The number of anilines is 1. The molecule has 2 aromatic rings. The maximum Gasteiger partial charge on any atom is 0.256 e. The lowest BCUT2D eigenvalue weighted by atomic mass is 9.95. The predicted molar refractivity (Wildman–Crippen MR) is 99.5 cm³/mol. The summed E-state index contributed by atoms with van der Waals surface area (Å²) in [6.07, 6.45) is 1.01. The van der Waals surface area contributed by atoms with E-state index < -0.39 is 17.5 Å². The summed E-state index contributed by atoms with van der Waals surface area (Å²) in [6.45, 7) is 4.61. The Kier molecular flexibility index (Phi) is 5.54. The van der Waals surface area contributed by atoms with Gasteiger partial charge in [0.05, 0.1) is 5.56 Å². The molecule has 0 saturated carbocycles. The van der Waals surface area contributed by atoms with Crippen molar-refractivity contribution in [3.63, 3.8) is 0 Å². The van der Waals surface area contributed by atoms with Gasteiger partial charge in [-0.1, -0.05) is 18.2 Å². The van der Waals surface area contributed by atoms with Crippen molar-refractivity contribution in [3.05, 3.63) is 64.7 Å². The number of hydrogen-bond acceptors (Lipinski definition) is 2. The fraction of sp³-hybridized carbons (Fsp3) is 0.333. The highest BCUT2D eigenvalue weighted by atomic mass is 19.1. The fourth-order valence-electron chi connectivity index (χ4n) is 3.41. The van der Waals surface area contributed by atoms with Gasteiger partial charge >= 0.3 is 0 Å². The van der Waals surface area contributed by atoms with Crippen LogP contribution < -0.4 is 5.32 Å². The first-order valence-corrected chi connectivity index (χ1v) is 8.98. The summed E-state index contributed by atoms with van der Waals surface area (Å²) >= 11 is 0. The average Bonchev–Trinajstić information content (AvgIpc) is 2.64. The van der Waals surface area contributed by atoms with Gasteiger partial charge in [0.15, 0.2) is 0 Å². The molecule has 3 rings (SSSR count). The van der Waals surface area contributed by atoms with E-state index >= 15 is 0 Å². The average molecular weight is 372 g/mol. The number of halogens is 2. The molecule has 2 aromatic carbocycles. The molecule has 1 N–H and O–H groups in total. The smallest absolute Gasteiger partial charge is 0.256 e. The second-order valence-electron chi connectivity index (χ2n) is 6.95. The highest BCUT2D eigenvalue weighted by molar-refractivity contribution is 5.96. The zero-order chi connectivity index (χ0) is 19.6. The van der Waals surface area contributed by atoms with Gasteiger partial charge in [0.25, 0.3) is 5.91 Å². The number of benzene rings is 2. The van der Waals surface area contributed by atoms with Crippen LogP contribution in [0.1, 0.15) is 34.3 Å². The van der Waals surface area contributed by atoms with Crippen LogP contribution in [0.2, 0.25) is 0 Å². The van der Waals surface area contributed by atoms with Crippen LogP contribution in [0.4, 0.5) is 14.5 Å². The van der Waals surface area contributed by atoms with Crippen molar-refractivity contribution in [2.75, 3.05) is 18.4 Å². The number of likely N-dealkylation sites (tertiary alicyclic amines) is 1. The largest absolute Gasteiger partial charge is 0.339 e. The Morgan fingerprint density at radius 1 is 1.04 bits per heavy atom. The third-order valence-electron chi connectivity index (χ3n) is 5.04. The van der Waals surface area contributed by atoms with Crippen LogP contribution in [0.25, 0.3) is 0 Å². The Hall–Kier alpha value is -2.76. The Balaban J connectivity index is 1.61. The summed E-state index contributed by atoms with van der Waals surface area (Å²) in [7, 11) is 0. The van der Waals surface area contributed by atoms with Crippen LogP contribution in [0.3, 0.4) is 0 Å². The molecule has 1 fully saturated rings. The number of nitrogens with zero attached hydrogens (tertiary/aromatic N) is 1. The predicted octanol–water partition coefficient (Wildman–Crippen LogP) is 4.07. The van der Waals surface area contributed by atoms with Gasteiger partial charge in [0.2, 0.25) is 5.91 Å². The normalized spacial score (nSPS) is 14.9. The van der Waals surface area contributed by atoms with Gasteiger partial charge in [0.1, 0.15) is 11.6 Å². The molecule has 0 unspecified atom stereocenters. The number of rotatable bonds is 3. The number of hydrogen-bond donors (Lipinski definition) is 1. The van der Waals surface area contributed by atoms with E-state index in [4.69, 9.17) is 0 Å². The van der Waals surface area contributed by atoms with Crippen molar-refractivity contribution >= 4 is 17.5 Å². The first-order chi connectivity index (χ1) is 12.9. The molecule has 1 heterocycles. The molecule has 0 spiro atoms.